The predicted molar refractivity (Wildman–Crippen MR) is 114 cm³/mol. The maximum Gasteiger partial charge on any atom is 0.290 e. The number of imidazole rings is 1. The van der Waals surface area contributed by atoms with Crippen LogP contribution in [0.2, 0.25) is 0 Å². The van der Waals surface area contributed by atoms with E-state index in [1.165, 1.54) is 39.1 Å². The third kappa shape index (κ3) is 2.95. The minimum absolute atomic E-state index is 0.0224. The molecule has 2 heteroatoms. The molecule has 0 bridgehead atoms. The monoisotopic (exact) mass is 355 g/mol. The summed E-state index contributed by atoms with van der Waals surface area (Å²) in [6, 6.07) is 26.1. The van der Waals surface area contributed by atoms with Crippen molar-refractivity contribution in [2.45, 2.75) is 33.2 Å². The molecule has 136 valence electrons. The lowest BCUT2D eigenvalue weighted by Gasteiger charge is -2.18. The fourth-order valence-electron chi connectivity index (χ4n) is 3.97. The van der Waals surface area contributed by atoms with Crippen LogP contribution in [0.3, 0.4) is 0 Å². The lowest BCUT2D eigenvalue weighted by Crippen LogP contribution is -2.33. The molecule has 0 atom stereocenters. The molecule has 4 aromatic rings. The second-order valence-electron chi connectivity index (χ2n) is 8.27. The van der Waals surface area contributed by atoms with Gasteiger partial charge in [-0.25, -0.2) is 9.13 Å². The molecule has 0 aliphatic rings. The molecule has 2 nitrogen and oxygen atoms in total. The fourth-order valence-corrected chi connectivity index (χ4v) is 3.97. The van der Waals surface area contributed by atoms with E-state index in [1.54, 1.807) is 0 Å². The Bertz CT molecular complexity index is 1110. The zero-order valence-electron chi connectivity index (χ0n) is 16.8. The average Bonchev–Trinajstić information content (AvgIpc) is 2.95. The zero-order chi connectivity index (χ0) is 19.2. The first-order valence-electron chi connectivity index (χ1n) is 9.54. The van der Waals surface area contributed by atoms with Crippen LogP contribution in [-0.4, -0.2) is 4.57 Å². The molecule has 1 heterocycles. The molecule has 4 rings (SSSR count). The maximum absolute atomic E-state index is 2.47. The van der Waals surface area contributed by atoms with Gasteiger partial charge in [0.15, 0.2) is 11.0 Å². The van der Waals surface area contributed by atoms with Gasteiger partial charge in [-0.05, 0) is 68.7 Å². The van der Waals surface area contributed by atoms with Gasteiger partial charge >= 0.3 is 0 Å². The van der Waals surface area contributed by atoms with Gasteiger partial charge in [-0.3, -0.25) is 0 Å². The van der Waals surface area contributed by atoms with Crippen LogP contribution in [0.15, 0.2) is 72.8 Å². The third-order valence-electron chi connectivity index (χ3n) is 5.27. The quantitative estimate of drug-likeness (QED) is 0.398. The normalized spacial score (nSPS) is 11.9. The Morgan fingerprint density at radius 1 is 0.778 bits per heavy atom. The van der Waals surface area contributed by atoms with Crippen LogP contribution < -0.4 is 4.57 Å². The topological polar surface area (TPSA) is 8.81 Å². The molecule has 27 heavy (non-hydrogen) atoms. The number of aromatic nitrogens is 2. The molecular formula is C25H27N2+. The molecule has 0 amide bonds. The number of aryl methyl sites for hydroxylation is 2. The third-order valence-corrected chi connectivity index (χ3v) is 5.27. The lowest BCUT2D eigenvalue weighted by molar-refractivity contribution is -0.634. The van der Waals surface area contributed by atoms with Crippen molar-refractivity contribution in [3.63, 3.8) is 0 Å². The van der Waals surface area contributed by atoms with Gasteiger partial charge in [0.25, 0.3) is 5.82 Å². The summed E-state index contributed by atoms with van der Waals surface area (Å²) in [5.74, 6) is 1.25. The molecule has 0 N–H and O–H groups in total. The summed E-state index contributed by atoms with van der Waals surface area (Å²) in [5.41, 5.74) is 7.58. The average molecular weight is 356 g/mol. The molecule has 0 radical (unpaired) electrons. The van der Waals surface area contributed by atoms with Crippen molar-refractivity contribution >= 4 is 11.0 Å². The molecule has 0 unspecified atom stereocenters. The van der Waals surface area contributed by atoms with Gasteiger partial charge < -0.3 is 0 Å². The van der Waals surface area contributed by atoms with Gasteiger partial charge in [-0.1, -0.05) is 48.5 Å². The van der Waals surface area contributed by atoms with Gasteiger partial charge in [0.05, 0.1) is 12.6 Å². The first-order chi connectivity index (χ1) is 12.9. The first-order valence-corrected chi connectivity index (χ1v) is 9.54. The van der Waals surface area contributed by atoms with E-state index in [-0.39, 0.29) is 5.54 Å². The van der Waals surface area contributed by atoms with E-state index in [0.717, 1.165) is 0 Å². The summed E-state index contributed by atoms with van der Waals surface area (Å²) in [5, 5.41) is 0. The number of nitrogens with zero attached hydrogens (tertiary/aromatic N) is 2. The molecule has 0 saturated heterocycles. The van der Waals surface area contributed by atoms with E-state index in [4.69, 9.17) is 0 Å². The van der Waals surface area contributed by atoms with Crippen LogP contribution >= 0.6 is 0 Å². The number of hydrogen-bond acceptors (Lipinski definition) is 0. The van der Waals surface area contributed by atoms with Crippen molar-refractivity contribution in [2.75, 3.05) is 0 Å². The molecule has 0 spiro atoms. The minimum Gasteiger partial charge on any atom is -0.226 e. The van der Waals surface area contributed by atoms with Crippen molar-refractivity contribution in [3.8, 4) is 22.5 Å². The Balaban J connectivity index is 2.06. The molecule has 0 aliphatic carbocycles. The highest BCUT2D eigenvalue weighted by Crippen LogP contribution is 2.33. The Hall–Kier alpha value is -2.87. The van der Waals surface area contributed by atoms with Gasteiger partial charge in [-0.2, -0.15) is 0 Å². The molecule has 0 fully saturated rings. The van der Waals surface area contributed by atoms with Crippen LogP contribution in [0.5, 0.6) is 0 Å². The molecule has 0 saturated carbocycles. The second kappa shape index (κ2) is 6.38. The number of hydrogen-bond donors (Lipinski definition) is 0. The fraction of sp³-hybridized carbons (Fsp3) is 0.240. The smallest absolute Gasteiger partial charge is 0.226 e. The Labute approximate surface area is 161 Å². The standard InChI is InChI=1S/C25H27N2/c1-18-11-9-10-14-21(18)24-26(5)23-17-20(19-12-7-6-8-13-19)15-16-22(23)27(24)25(2,3)4/h6-17H,1-5H3/q+1. The van der Waals surface area contributed by atoms with Gasteiger partial charge in [0.2, 0.25) is 0 Å². The highest BCUT2D eigenvalue weighted by molar-refractivity contribution is 5.82. The number of benzene rings is 3. The molecule has 1 aromatic heterocycles. The van der Waals surface area contributed by atoms with Gasteiger partial charge in [-0.15, -0.1) is 0 Å². The first kappa shape index (κ1) is 17.5. The van der Waals surface area contributed by atoms with Crippen molar-refractivity contribution in [1.29, 1.82) is 0 Å². The summed E-state index contributed by atoms with van der Waals surface area (Å²) in [4.78, 5) is 0. The summed E-state index contributed by atoms with van der Waals surface area (Å²) < 4.78 is 4.81. The number of fused-ring (bicyclic) bond motifs is 1. The maximum atomic E-state index is 2.47. The Morgan fingerprint density at radius 3 is 2.11 bits per heavy atom. The van der Waals surface area contributed by atoms with Crippen LogP contribution in [0.4, 0.5) is 0 Å². The van der Waals surface area contributed by atoms with Crippen molar-refractivity contribution in [1.82, 2.24) is 4.57 Å². The van der Waals surface area contributed by atoms with Gasteiger partial charge in [0, 0.05) is 0 Å². The number of rotatable bonds is 2. The summed E-state index contributed by atoms with van der Waals surface area (Å²) >= 11 is 0. The van der Waals surface area contributed by atoms with E-state index < -0.39 is 0 Å². The van der Waals surface area contributed by atoms with E-state index in [1.807, 2.05) is 0 Å². The van der Waals surface area contributed by atoms with Crippen LogP contribution in [0, 0.1) is 6.92 Å². The zero-order valence-corrected chi connectivity index (χ0v) is 16.8. The SMILES string of the molecule is Cc1ccccc1-c1n(C(C)(C)C)c2ccc(-c3ccccc3)cc2[n+]1C. The molecular weight excluding hydrogens is 328 g/mol. The van der Waals surface area contributed by atoms with E-state index in [2.05, 4.69) is 117 Å². The van der Waals surface area contributed by atoms with E-state index >= 15 is 0 Å². The second-order valence-corrected chi connectivity index (χ2v) is 8.27. The van der Waals surface area contributed by atoms with Crippen LogP contribution in [-0.2, 0) is 12.6 Å². The predicted octanol–water partition coefficient (Wildman–Crippen LogP) is 5.86. The van der Waals surface area contributed by atoms with Crippen LogP contribution in [0.25, 0.3) is 33.5 Å². The van der Waals surface area contributed by atoms with Crippen molar-refractivity contribution < 1.29 is 4.57 Å². The summed E-state index contributed by atoms with van der Waals surface area (Å²) in [7, 11) is 2.18. The summed E-state index contributed by atoms with van der Waals surface area (Å²) in [6.07, 6.45) is 0. The summed E-state index contributed by atoms with van der Waals surface area (Å²) in [6.45, 7) is 9.02. The largest absolute Gasteiger partial charge is 0.290 e. The highest BCUT2D eigenvalue weighted by atomic mass is 15.2. The van der Waals surface area contributed by atoms with Crippen molar-refractivity contribution in [3.05, 3.63) is 78.4 Å². The van der Waals surface area contributed by atoms with Crippen molar-refractivity contribution in [2.24, 2.45) is 7.05 Å². The molecule has 0 aliphatic heterocycles. The highest BCUT2D eigenvalue weighted by Gasteiger charge is 2.32. The Morgan fingerprint density at radius 2 is 1.44 bits per heavy atom. The van der Waals surface area contributed by atoms with Gasteiger partial charge in [0.1, 0.15) is 5.54 Å². The van der Waals surface area contributed by atoms with Crippen LogP contribution in [0.1, 0.15) is 26.3 Å². The van der Waals surface area contributed by atoms with E-state index in [0.29, 0.717) is 0 Å². The minimum atomic E-state index is -0.0224. The lowest BCUT2D eigenvalue weighted by atomic mass is 10.0. The molecule has 3 aromatic carbocycles. The van der Waals surface area contributed by atoms with E-state index in [9.17, 15) is 0 Å². The Kier molecular flexibility index (Phi) is 4.15.